The third-order valence-corrected chi connectivity index (χ3v) is 10.5. The van der Waals surface area contributed by atoms with Gasteiger partial charge in [-0.15, -0.1) is 0 Å². The molecule has 4 heteroatoms. The van der Waals surface area contributed by atoms with Crippen LogP contribution in [0.1, 0.15) is 53.4 Å². The number of benzene rings is 7. The molecule has 0 fully saturated rings. The van der Waals surface area contributed by atoms with Gasteiger partial charge in [0.05, 0.1) is 17.2 Å². The van der Waals surface area contributed by atoms with Gasteiger partial charge in [-0.3, -0.25) is 0 Å². The first-order valence-corrected chi connectivity index (χ1v) is 17.4. The van der Waals surface area contributed by atoms with E-state index >= 15 is 0 Å². The van der Waals surface area contributed by atoms with E-state index in [0.717, 1.165) is 67.3 Å². The zero-order valence-electron chi connectivity index (χ0n) is 28.5. The maximum absolute atomic E-state index is 9.88. The molecule has 51 heavy (non-hydrogen) atoms. The van der Waals surface area contributed by atoms with E-state index in [0.29, 0.717) is 0 Å². The Morgan fingerprint density at radius 2 is 1.27 bits per heavy atom. The van der Waals surface area contributed by atoms with Crippen LogP contribution >= 0.6 is 0 Å². The van der Waals surface area contributed by atoms with Crippen molar-refractivity contribution in [2.75, 3.05) is 0 Å². The minimum Gasteiger partial charge on any atom is -0.247 e. The number of amidine groups is 2. The minimum atomic E-state index is -0.337. The van der Waals surface area contributed by atoms with Crippen LogP contribution in [-0.4, -0.2) is 11.7 Å². The number of nitrogens with zero attached hydrogens (tertiary/aromatic N) is 2. The van der Waals surface area contributed by atoms with Crippen LogP contribution in [0.25, 0.3) is 44.2 Å². The van der Waals surface area contributed by atoms with Crippen LogP contribution in [0.4, 0.5) is 0 Å². The average molecular weight is 656 g/mol. The van der Waals surface area contributed by atoms with Crippen molar-refractivity contribution in [3.05, 3.63) is 191 Å². The molecule has 1 atom stereocenters. The van der Waals surface area contributed by atoms with E-state index in [9.17, 15) is 5.26 Å². The van der Waals surface area contributed by atoms with Gasteiger partial charge in [0.1, 0.15) is 0 Å². The molecule has 4 nitrogen and oxygen atoms in total. The molecule has 7 aromatic rings. The van der Waals surface area contributed by atoms with Gasteiger partial charge in [0.15, 0.2) is 0 Å². The predicted molar refractivity (Wildman–Crippen MR) is 207 cm³/mol. The Morgan fingerprint density at radius 3 is 2.04 bits per heavy atom. The van der Waals surface area contributed by atoms with Crippen molar-refractivity contribution in [2.45, 2.75) is 25.4 Å². The van der Waals surface area contributed by atoms with Gasteiger partial charge >= 0.3 is 0 Å². The van der Waals surface area contributed by atoms with Crippen LogP contribution in [-0.2, 0) is 5.41 Å². The van der Waals surface area contributed by atoms with Gasteiger partial charge in [0, 0.05) is 22.1 Å². The number of aliphatic imine (C=N–C) groups is 1. The standard InChI is InChI=1S/C47H34N4/c1-47(2)40-19-11-17-36(29-48)42(40)39-27-25-35(28-41(39)47)30-20-22-32(23-21-30)38-26-24-31-12-9-10-18-37(31)43(38)46-50-44(33-13-5-3-6-14-33)49-45(51-46)34-15-7-4-8-16-34/h3-28,46H,1-2H3,(H,49,50,51)/p+1. The lowest BCUT2D eigenvalue weighted by Crippen LogP contribution is -2.80. The highest BCUT2D eigenvalue weighted by Crippen LogP contribution is 2.51. The maximum Gasteiger partial charge on any atom is 0.283 e. The smallest absolute Gasteiger partial charge is 0.247 e. The molecule has 0 aromatic heterocycles. The van der Waals surface area contributed by atoms with Crippen LogP contribution in [0.5, 0.6) is 0 Å². The van der Waals surface area contributed by atoms with Crippen molar-refractivity contribution < 1.29 is 4.99 Å². The zero-order chi connectivity index (χ0) is 34.5. The van der Waals surface area contributed by atoms with Crippen LogP contribution < -0.4 is 10.3 Å². The molecule has 1 aliphatic heterocycles. The summed E-state index contributed by atoms with van der Waals surface area (Å²) in [5.41, 5.74) is 13.1. The molecule has 242 valence electrons. The van der Waals surface area contributed by atoms with Crippen LogP contribution in [0.15, 0.2) is 163 Å². The molecule has 9 rings (SSSR count). The summed E-state index contributed by atoms with van der Waals surface area (Å²) in [6.07, 6.45) is -0.337. The van der Waals surface area contributed by atoms with Crippen molar-refractivity contribution >= 4 is 22.4 Å². The molecule has 2 aliphatic rings. The molecule has 2 N–H and O–H groups in total. The van der Waals surface area contributed by atoms with E-state index in [-0.39, 0.29) is 11.6 Å². The molecule has 0 saturated carbocycles. The van der Waals surface area contributed by atoms with Crippen molar-refractivity contribution in [1.82, 2.24) is 5.32 Å². The first-order chi connectivity index (χ1) is 25.0. The fraction of sp³-hybridized carbons (Fsp3) is 0.0851. The molecule has 7 aromatic carbocycles. The summed E-state index contributed by atoms with van der Waals surface area (Å²) in [5.74, 6) is 1.75. The number of nitrogens with one attached hydrogen (secondary N) is 2. The predicted octanol–water partition coefficient (Wildman–Crippen LogP) is 8.93. The summed E-state index contributed by atoms with van der Waals surface area (Å²) in [6, 6.07) is 57.8. The molecule has 0 spiro atoms. The number of rotatable bonds is 5. The second-order valence-electron chi connectivity index (χ2n) is 13.8. The lowest BCUT2D eigenvalue weighted by molar-refractivity contribution is -0.510. The highest BCUT2D eigenvalue weighted by atomic mass is 15.2. The zero-order valence-corrected chi connectivity index (χ0v) is 28.5. The molecule has 0 saturated heterocycles. The third-order valence-electron chi connectivity index (χ3n) is 10.5. The molecular weight excluding hydrogens is 621 g/mol. The van der Waals surface area contributed by atoms with E-state index < -0.39 is 0 Å². The van der Waals surface area contributed by atoms with Crippen molar-refractivity contribution in [3.63, 3.8) is 0 Å². The largest absolute Gasteiger partial charge is 0.283 e. The van der Waals surface area contributed by atoms with Crippen LogP contribution in [0, 0.1) is 11.3 Å². The lowest BCUT2D eigenvalue weighted by atomic mass is 9.81. The highest BCUT2D eigenvalue weighted by Gasteiger charge is 2.37. The molecular formula is C47H35N4+. The Bertz CT molecular complexity index is 2520. The SMILES string of the molecule is CC1(C)c2cc(-c3ccc(-c4ccc5ccccc5c4C4N=C(c5ccccc5)NC(c5ccccc5)=[NH+]4)cc3)ccc2-c2c(C#N)cccc21. The Labute approximate surface area is 298 Å². The van der Waals surface area contributed by atoms with E-state index in [1.165, 1.54) is 21.9 Å². The van der Waals surface area contributed by atoms with Crippen molar-refractivity contribution in [3.8, 4) is 39.4 Å². The fourth-order valence-electron chi connectivity index (χ4n) is 7.87. The van der Waals surface area contributed by atoms with E-state index in [4.69, 9.17) is 4.99 Å². The first kappa shape index (κ1) is 30.5. The molecule has 1 heterocycles. The normalized spacial score (nSPS) is 15.6. The average Bonchev–Trinajstić information content (AvgIpc) is 3.43. The van der Waals surface area contributed by atoms with E-state index in [2.05, 4.69) is 152 Å². The number of hydrogen-bond acceptors (Lipinski definition) is 3. The van der Waals surface area contributed by atoms with Gasteiger partial charge in [-0.05, 0) is 86.1 Å². The minimum absolute atomic E-state index is 0.190. The highest BCUT2D eigenvalue weighted by molar-refractivity contribution is 6.13. The summed E-state index contributed by atoms with van der Waals surface area (Å²) in [5, 5.41) is 15.8. The molecule has 0 bridgehead atoms. The summed E-state index contributed by atoms with van der Waals surface area (Å²) >= 11 is 0. The van der Waals surface area contributed by atoms with Gasteiger partial charge < -0.3 is 0 Å². The van der Waals surface area contributed by atoms with Crippen LogP contribution in [0.3, 0.4) is 0 Å². The second-order valence-corrected chi connectivity index (χ2v) is 13.8. The molecule has 0 amide bonds. The van der Waals surface area contributed by atoms with Crippen molar-refractivity contribution in [1.29, 1.82) is 5.26 Å². The summed E-state index contributed by atoms with van der Waals surface area (Å²) in [6.45, 7) is 4.52. The van der Waals surface area contributed by atoms with Gasteiger partial charge in [0.2, 0.25) is 12.0 Å². The summed E-state index contributed by atoms with van der Waals surface area (Å²) < 4.78 is 0. The summed E-state index contributed by atoms with van der Waals surface area (Å²) in [4.78, 5) is 9.10. The monoisotopic (exact) mass is 655 g/mol. The molecule has 1 unspecified atom stereocenters. The maximum atomic E-state index is 9.88. The topological polar surface area (TPSA) is 62.1 Å². The van der Waals surface area contributed by atoms with E-state index in [1.807, 2.05) is 36.4 Å². The Morgan fingerprint density at radius 1 is 0.608 bits per heavy atom. The quantitative estimate of drug-likeness (QED) is 0.195. The van der Waals surface area contributed by atoms with Gasteiger partial charge in [-0.1, -0.05) is 135 Å². The first-order valence-electron chi connectivity index (χ1n) is 17.4. The third kappa shape index (κ3) is 5.14. The fourth-order valence-corrected chi connectivity index (χ4v) is 7.87. The van der Waals surface area contributed by atoms with Crippen molar-refractivity contribution in [2.24, 2.45) is 4.99 Å². The number of fused-ring (bicyclic) bond motifs is 4. The van der Waals surface area contributed by atoms with E-state index in [1.54, 1.807) is 0 Å². The second kappa shape index (κ2) is 12.1. The summed E-state index contributed by atoms with van der Waals surface area (Å²) in [7, 11) is 0. The number of hydrogen-bond donors (Lipinski definition) is 2. The Kier molecular flexibility index (Phi) is 7.22. The molecule has 0 radical (unpaired) electrons. The Hall–Kier alpha value is -6.57. The molecule has 1 aliphatic carbocycles. The van der Waals surface area contributed by atoms with Gasteiger partial charge in [0.25, 0.3) is 5.84 Å². The van der Waals surface area contributed by atoms with Gasteiger partial charge in [-0.25, -0.2) is 10.3 Å². The van der Waals surface area contributed by atoms with Crippen LogP contribution in [0.2, 0.25) is 0 Å². The van der Waals surface area contributed by atoms with Gasteiger partial charge in [-0.2, -0.15) is 10.3 Å². The lowest BCUT2D eigenvalue weighted by Gasteiger charge is -2.22. The number of nitriles is 1. The Balaban J connectivity index is 1.15.